The van der Waals surface area contributed by atoms with E-state index in [2.05, 4.69) is 21.2 Å². The maximum atomic E-state index is 13.3. The fourth-order valence-corrected chi connectivity index (χ4v) is 5.62. The molecule has 9 heteroatoms. The Hall–Kier alpha value is -3.30. The fraction of sp³-hybridized carbons (Fsp3) is 0.240. The molecular weight excluding hydrogens is 505 g/mol. The summed E-state index contributed by atoms with van der Waals surface area (Å²) in [5, 5.41) is 15.4. The minimum Gasteiger partial charge on any atom is -0.489 e. The number of amides is 1. The molecule has 0 aliphatic carbocycles. The number of carbonyl (C=O) groups excluding carboxylic acids is 1. The third kappa shape index (κ3) is 3.47. The number of fused-ring (bicyclic) bond motifs is 2. The van der Waals surface area contributed by atoms with Crippen LogP contribution in [-0.2, 0) is 16.9 Å². The number of ether oxygens (including phenoxy) is 1. The van der Waals surface area contributed by atoms with E-state index in [1.54, 1.807) is 60.5 Å². The normalized spacial score (nSPS) is 23.7. The SMILES string of the molecule is CN1C[C@H](c2cc(Br)ccc2OCc2ccc(F)cc2)[C@@H]([N+](=O)[O-])[C@]12C(=O)Nc1ccccc12. The van der Waals surface area contributed by atoms with Gasteiger partial charge in [0, 0.05) is 32.8 Å². The molecule has 5 rings (SSSR count). The van der Waals surface area contributed by atoms with Gasteiger partial charge in [-0.25, -0.2) is 4.39 Å². The van der Waals surface area contributed by atoms with Crippen LogP contribution in [0.2, 0.25) is 0 Å². The number of hydrogen-bond acceptors (Lipinski definition) is 5. The van der Waals surface area contributed by atoms with Crippen LogP contribution in [0, 0.1) is 15.9 Å². The number of carbonyl (C=O) groups is 1. The lowest BCUT2D eigenvalue weighted by Crippen LogP contribution is -2.54. The van der Waals surface area contributed by atoms with Crippen LogP contribution >= 0.6 is 15.9 Å². The van der Waals surface area contributed by atoms with Crippen molar-refractivity contribution in [1.29, 1.82) is 0 Å². The first kappa shape index (κ1) is 22.5. The summed E-state index contributed by atoms with van der Waals surface area (Å²) in [6, 6.07) is 17.2. The van der Waals surface area contributed by atoms with Crippen molar-refractivity contribution in [3.8, 4) is 5.75 Å². The van der Waals surface area contributed by atoms with Crippen molar-refractivity contribution < 1.29 is 18.8 Å². The Morgan fingerprint density at radius 2 is 1.94 bits per heavy atom. The van der Waals surface area contributed by atoms with Gasteiger partial charge in [-0.1, -0.05) is 46.3 Å². The van der Waals surface area contributed by atoms with Crippen molar-refractivity contribution >= 4 is 27.5 Å². The minimum absolute atomic E-state index is 0.176. The highest BCUT2D eigenvalue weighted by Crippen LogP contribution is 2.53. The molecule has 2 aliphatic heterocycles. The maximum Gasteiger partial charge on any atom is 0.256 e. The van der Waals surface area contributed by atoms with Gasteiger partial charge in [0.2, 0.25) is 0 Å². The van der Waals surface area contributed by atoms with Crippen LogP contribution in [0.1, 0.15) is 22.6 Å². The summed E-state index contributed by atoms with van der Waals surface area (Å²) in [7, 11) is 1.75. The molecule has 3 atom stereocenters. The van der Waals surface area contributed by atoms with E-state index in [1.165, 1.54) is 12.1 Å². The predicted octanol–water partition coefficient (Wildman–Crippen LogP) is 4.69. The van der Waals surface area contributed by atoms with E-state index in [0.717, 1.165) is 10.0 Å². The first-order valence-corrected chi connectivity index (χ1v) is 11.5. The summed E-state index contributed by atoms with van der Waals surface area (Å²) >= 11 is 3.47. The average molecular weight is 526 g/mol. The summed E-state index contributed by atoms with van der Waals surface area (Å²) in [6.45, 7) is 0.464. The molecule has 34 heavy (non-hydrogen) atoms. The van der Waals surface area contributed by atoms with Crippen LogP contribution in [0.15, 0.2) is 71.2 Å². The maximum absolute atomic E-state index is 13.3. The Balaban J connectivity index is 1.56. The van der Waals surface area contributed by atoms with Gasteiger partial charge in [0.1, 0.15) is 18.2 Å². The van der Waals surface area contributed by atoms with Crippen molar-refractivity contribution in [1.82, 2.24) is 4.90 Å². The summed E-state index contributed by atoms with van der Waals surface area (Å²) in [5.74, 6) is -0.861. The summed E-state index contributed by atoms with van der Waals surface area (Å²) in [5.41, 5.74) is 1.18. The Morgan fingerprint density at radius 3 is 2.68 bits per heavy atom. The quantitative estimate of drug-likeness (QED) is 0.385. The molecule has 0 saturated carbocycles. The molecule has 1 N–H and O–H groups in total. The molecule has 2 aliphatic rings. The molecule has 0 bridgehead atoms. The van der Waals surface area contributed by atoms with Gasteiger partial charge in [-0.05, 0) is 49.0 Å². The highest BCUT2D eigenvalue weighted by molar-refractivity contribution is 9.10. The summed E-state index contributed by atoms with van der Waals surface area (Å²) in [6.07, 6.45) is 0. The van der Waals surface area contributed by atoms with Crippen LogP contribution in [0.5, 0.6) is 5.75 Å². The molecule has 0 radical (unpaired) electrons. The molecule has 3 aromatic rings. The van der Waals surface area contributed by atoms with Gasteiger partial charge in [-0.3, -0.25) is 19.8 Å². The first-order chi connectivity index (χ1) is 16.3. The number of nitrogens with one attached hydrogen (secondary N) is 1. The minimum atomic E-state index is -1.43. The van der Waals surface area contributed by atoms with Gasteiger partial charge in [0.25, 0.3) is 11.9 Å². The van der Waals surface area contributed by atoms with Crippen molar-refractivity contribution in [2.24, 2.45) is 0 Å². The molecule has 1 fully saturated rings. The molecule has 1 spiro atoms. The molecule has 7 nitrogen and oxygen atoms in total. The van der Waals surface area contributed by atoms with Gasteiger partial charge in [-0.2, -0.15) is 0 Å². The smallest absolute Gasteiger partial charge is 0.256 e. The van der Waals surface area contributed by atoms with Gasteiger partial charge in [0.05, 0.1) is 5.92 Å². The van der Waals surface area contributed by atoms with E-state index in [1.807, 2.05) is 6.07 Å². The van der Waals surface area contributed by atoms with Crippen molar-refractivity contribution in [3.63, 3.8) is 0 Å². The van der Waals surface area contributed by atoms with E-state index >= 15 is 0 Å². The predicted molar refractivity (Wildman–Crippen MR) is 128 cm³/mol. The standard InChI is InChI=1S/C25H21BrFN3O4/c1-29-13-19(23(30(32)33)25(29)20-4-2-3-5-21(20)28-24(25)31)18-12-16(26)8-11-22(18)34-14-15-6-9-17(27)10-7-15/h2-12,19,23H,13-14H2,1H3,(H,28,31)/t19-,23-,25-/m1/s1. The monoisotopic (exact) mass is 525 g/mol. The lowest BCUT2D eigenvalue weighted by atomic mass is 9.79. The second-order valence-electron chi connectivity index (χ2n) is 8.58. The summed E-state index contributed by atoms with van der Waals surface area (Å²) < 4.78 is 20.1. The number of likely N-dealkylation sites (tertiary alicyclic amines) is 1. The Bertz CT molecular complexity index is 1290. The highest BCUT2D eigenvalue weighted by atomic mass is 79.9. The lowest BCUT2D eigenvalue weighted by molar-refractivity contribution is -0.534. The van der Waals surface area contributed by atoms with Crippen LogP contribution in [0.4, 0.5) is 10.1 Å². The topological polar surface area (TPSA) is 84.7 Å². The molecule has 3 aromatic carbocycles. The number of hydrogen-bond donors (Lipinski definition) is 1. The molecule has 174 valence electrons. The number of likely N-dealkylation sites (N-methyl/N-ethyl adjacent to an activating group) is 1. The van der Waals surface area contributed by atoms with Gasteiger partial charge >= 0.3 is 0 Å². The largest absolute Gasteiger partial charge is 0.489 e. The second-order valence-corrected chi connectivity index (χ2v) is 9.50. The van der Waals surface area contributed by atoms with Crippen molar-refractivity contribution in [2.45, 2.75) is 24.1 Å². The van der Waals surface area contributed by atoms with Crippen LogP contribution in [-0.4, -0.2) is 35.4 Å². The van der Waals surface area contributed by atoms with E-state index in [9.17, 15) is 19.3 Å². The second kappa shape index (κ2) is 8.48. The number of para-hydroxylation sites is 1. The first-order valence-electron chi connectivity index (χ1n) is 10.7. The number of rotatable bonds is 5. The number of nitrogens with zero attached hydrogens (tertiary/aromatic N) is 2. The lowest BCUT2D eigenvalue weighted by Gasteiger charge is -2.30. The molecular formula is C25H21BrFN3O4. The van der Waals surface area contributed by atoms with Crippen molar-refractivity contribution in [2.75, 3.05) is 18.9 Å². The molecule has 0 unspecified atom stereocenters. The summed E-state index contributed by atoms with van der Waals surface area (Å²) in [4.78, 5) is 27.3. The van der Waals surface area contributed by atoms with Gasteiger partial charge in [-0.15, -0.1) is 0 Å². The zero-order chi connectivity index (χ0) is 24.0. The Kier molecular flexibility index (Phi) is 5.61. The zero-order valence-corrected chi connectivity index (χ0v) is 19.8. The third-order valence-corrected chi connectivity index (χ3v) is 7.21. The van der Waals surface area contributed by atoms with E-state index in [4.69, 9.17) is 4.74 Å². The van der Waals surface area contributed by atoms with E-state index < -0.39 is 23.4 Å². The Morgan fingerprint density at radius 1 is 1.21 bits per heavy atom. The van der Waals surface area contributed by atoms with Crippen LogP contribution in [0.25, 0.3) is 0 Å². The molecule has 2 heterocycles. The number of benzene rings is 3. The molecule has 1 saturated heterocycles. The number of nitro groups is 1. The van der Waals surface area contributed by atoms with Crippen molar-refractivity contribution in [3.05, 3.63) is 104 Å². The van der Waals surface area contributed by atoms with E-state index in [0.29, 0.717) is 22.6 Å². The van der Waals surface area contributed by atoms with Crippen LogP contribution < -0.4 is 10.1 Å². The average Bonchev–Trinajstić information content (AvgIpc) is 3.29. The molecule has 1 amide bonds. The van der Waals surface area contributed by atoms with E-state index in [-0.39, 0.29) is 23.9 Å². The van der Waals surface area contributed by atoms with Crippen LogP contribution in [0.3, 0.4) is 0 Å². The fourth-order valence-electron chi connectivity index (χ4n) is 5.24. The van der Waals surface area contributed by atoms with Gasteiger partial charge < -0.3 is 10.1 Å². The highest BCUT2D eigenvalue weighted by Gasteiger charge is 2.68. The number of halogens is 2. The van der Waals surface area contributed by atoms with Gasteiger partial charge in [0.15, 0.2) is 5.54 Å². The third-order valence-electron chi connectivity index (χ3n) is 6.72. The number of anilines is 1. The zero-order valence-electron chi connectivity index (χ0n) is 18.2. The molecule has 0 aromatic heterocycles. The Labute approximate surface area is 203 Å².